The molecule has 0 spiro atoms. The highest BCUT2D eigenvalue weighted by atomic mass is 16.4. The second-order valence-electron chi connectivity index (χ2n) is 6.41. The molecule has 1 aliphatic heterocycles. The number of carboxylic acids is 1. The van der Waals surface area contributed by atoms with E-state index in [4.69, 9.17) is 0 Å². The average molecular weight is 282 g/mol. The van der Waals surface area contributed by atoms with Gasteiger partial charge in [0.2, 0.25) is 0 Å². The van der Waals surface area contributed by atoms with Crippen LogP contribution in [0.1, 0.15) is 58.8 Å². The normalized spacial score (nSPS) is 33.4. The van der Waals surface area contributed by atoms with Gasteiger partial charge in [-0.3, -0.25) is 0 Å². The predicted molar refractivity (Wildman–Crippen MR) is 76.5 cm³/mol. The predicted octanol–water partition coefficient (Wildman–Crippen LogP) is 2.60. The largest absolute Gasteiger partial charge is 0.479 e. The molecule has 0 aromatic rings. The van der Waals surface area contributed by atoms with Crippen LogP contribution in [0.5, 0.6) is 0 Å². The fourth-order valence-corrected chi connectivity index (χ4v) is 3.77. The molecular formula is C15H26N2O3. The molecule has 1 saturated heterocycles. The zero-order valence-corrected chi connectivity index (χ0v) is 12.5. The summed E-state index contributed by atoms with van der Waals surface area (Å²) in [4.78, 5) is 25.7. The van der Waals surface area contributed by atoms with Crippen molar-refractivity contribution >= 4 is 12.0 Å². The third-order valence-corrected chi connectivity index (χ3v) is 4.82. The number of hydrogen-bond acceptors (Lipinski definition) is 2. The lowest BCUT2D eigenvalue weighted by Crippen LogP contribution is -2.57. The molecule has 1 heterocycles. The summed E-state index contributed by atoms with van der Waals surface area (Å²) in [6.07, 6.45) is 5.82. The molecule has 2 N–H and O–H groups in total. The lowest BCUT2D eigenvalue weighted by atomic mass is 9.91. The van der Waals surface area contributed by atoms with Gasteiger partial charge in [0.1, 0.15) is 5.54 Å². The van der Waals surface area contributed by atoms with E-state index in [9.17, 15) is 14.7 Å². The van der Waals surface area contributed by atoms with Gasteiger partial charge < -0.3 is 15.3 Å². The van der Waals surface area contributed by atoms with Crippen LogP contribution in [0.3, 0.4) is 0 Å². The van der Waals surface area contributed by atoms with E-state index in [0.717, 1.165) is 32.1 Å². The Morgan fingerprint density at radius 3 is 2.70 bits per heavy atom. The maximum Gasteiger partial charge on any atom is 0.329 e. The summed E-state index contributed by atoms with van der Waals surface area (Å²) in [5.74, 6) is -0.203. The molecule has 1 aliphatic carbocycles. The highest BCUT2D eigenvalue weighted by Crippen LogP contribution is 2.34. The SMILES string of the molecule is CCCC1(C(=O)O)CCCN1C(=O)NC1CCC(C)C1. The molecule has 114 valence electrons. The number of aliphatic carboxylic acids is 1. The molecule has 5 nitrogen and oxygen atoms in total. The number of hydrogen-bond donors (Lipinski definition) is 2. The van der Waals surface area contributed by atoms with Crippen LogP contribution in [0.25, 0.3) is 0 Å². The van der Waals surface area contributed by atoms with E-state index in [1.165, 1.54) is 0 Å². The Morgan fingerprint density at radius 2 is 2.15 bits per heavy atom. The molecule has 2 amide bonds. The molecule has 0 bridgehead atoms. The van der Waals surface area contributed by atoms with Crippen molar-refractivity contribution in [2.45, 2.75) is 70.4 Å². The minimum absolute atomic E-state index is 0.183. The lowest BCUT2D eigenvalue weighted by Gasteiger charge is -2.35. The van der Waals surface area contributed by atoms with Crippen molar-refractivity contribution in [1.82, 2.24) is 10.2 Å². The van der Waals surface area contributed by atoms with Crippen LogP contribution in [0.4, 0.5) is 4.79 Å². The smallest absolute Gasteiger partial charge is 0.329 e. The van der Waals surface area contributed by atoms with E-state index >= 15 is 0 Å². The van der Waals surface area contributed by atoms with Crippen LogP contribution in [0.2, 0.25) is 0 Å². The van der Waals surface area contributed by atoms with Crippen LogP contribution in [0.15, 0.2) is 0 Å². The van der Waals surface area contributed by atoms with Gasteiger partial charge in [-0.1, -0.05) is 20.3 Å². The first kappa shape index (κ1) is 15.1. The van der Waals surface area contributed by atoms with Crippen LogP contribution in [0, 0.1) is 5.92 Å². The van der Waals surface area contributed by atoms with Crippen molar-refractivity contribution in [3.8, 4) is 0 Å². The monoisotopic (exact) mass is 282 g/mol. The fourth-order valence-electron chi connectivity index (χ4n) is 3.77. The maximum atomic E-state index is 12.5. The van der Waals surface area contributed by atoms with Crippen molar-refractivity contribution in [3.63, 3.8) is 0 Å². The van der Waals surface area contributed by atoms with E-state index in [-0.39, 0.29) is 12.1 Å². The van der Waals surface area contributed by atoms with Gasteiger partial charge >= 0.3 is 12.0 Å². The lowest BCUT2D eigenvalue weighted by molar-refractivity contribution is -0.148. The number of likely N-dealkylation sites (tertiary alicyclic amines) is 1. The Balaban J connectivity index is 2.05. The Kier molecular flexibility index (Phi) is 4.55. The number of rotatable bonds is 4. The number of urea groups is 1. The molecule has 2 aliphatic rings. The first-order valence-corrected chi connectivity index (χ1v) is 7.81. The van der Waals surface area contributed by atoms with Gasteiger partial charge in [-0.2, -0.15) is 0 Å². The summed E-state index contributed by atoms with van der Waals surface area (Å²) in [6, 6.07) is 0.0312. The molecule has 5 heteroatoms. The number of carboxylic acid groups (broad SMARTS) is 1. The van der Waals surface area contributed by atoms with E-state index in [1.54, 1.807) is 4.90 Å². The van der Waals surface area contributed by atoms with Gasteiger partial charge in [-0.15, -0.1) is 0 Å². The summed E-state index contributed by atoms with van der Waals surface area (Å²) in [5, 5.41) is 12.6. The molecular weight excluding hydrogens is 256 g/mol. The standard InChI is InChI=1S/C15H26N2O3/c1-3-7-15(13(18)19)8-4-9-17(15)14(20)16-12-6-5-11(2)10-12/h11-12H,3-10H2,1-2H3,(H,16,20)(H,18,19). The summed E-state index contributed by atoms with van der Waals surface area (Å²) < 4.78 is 0. The van der Waals surface area contributed by atoms with Gasteiger partial charge in [0.15, 0.2) is 0 Å². The number of nitrogens with zero attached hydrogens (tertiary/aromatic N) is 1. The van der Waals surface area contributed by atoms with Gasteiger partial charge in [0.05, 0.1) is 0 Å². The summed E-state index contributed by atoms with van der Waals surface area (Å²) >= 11 is 0. The summed E-state index contributed by atoms with van der Waals surface area (Å²) in [7, 11) is 0. The van der Waals surface area contributed by atoms with E-state index in [1.807, 2.05) is 6.92 Å². The zero-order valence-electron chi connectivity index (χ0n) is 12.5. The first-order chi connectivity index (χ1) is 9.49. The molecule has 2 rings (SSSR count). The van der Waals surface area contributed by atoms with Crippen LogP contribution >= 0.6 is 0 Å². The van der Waals surface area contributed by atoms with Crippen LogP contribution < -0.4 is 5.32 Å². The second kappa shape index (κ2) is 6.02. The molecule has 20 heavy (non-hydrogen) atoms. The summed E-state index contributed by atoms with van der Waals surface area (Å²) in [6.45, 7) is 4.72. The molecule has 0 aromatic carbocycles. The second-order valence-corrected chi connectivity index (χ2v) is 6.41. The van der Waals surface area contributed by atoms with E-state index in [0.29, 0.717) is 25.3 Å². The minimum Gasteiger partial charge on any atom is -0.479 e. The molecule has 3 atom stereocenters. The first-order valence-electron chi connectivity index (χ1n) is 7.81. The van der Waals surface area contributed by atoms with Crippen molar-refractivity contribution in [2.24, 2.45) is 5.92 Å². The fraction of sp³-hybridized carbons (Fsp3) is 0.867. The number of amides is 2. The Hall–Kier alpha value is -1.26. The third kappa shape index (κ3) is 2.76. The molecule has 3 unspecified atom stereocenters. The van der Waals surface area contributed by atoms with Crippen molar-refractivity contribution in [2.75, 3.05) is 6.54 Å². The zero-order chi connectivity index (χ0) is 14.8. The Bertz CT molecular complexity index is 385. The van der Waals surface area contributed by atoms with Crippen molar-refractivity contribution in [1.29, 1.82) is 0 Å². The van der Waals surface area contributed by atoms with Crippen molar-refractivity contribution in [3.05, 3.63) is 0 Å². The minimum atomic E-state index is -0.983. The molecule has 2 fully saturated rings. The quantitative estimate of drug-likeness (QED) is 0.832. The van der Waals surface area contributed by atoms with Gasteiger partial charge in [-0.25, -0.2) is 9.59 Å². The van der Waals surface area contributed by atoms with Gasteiger partial charge in [0.25, 0.3) is 0 Å². The Labute approximate surface area is 120 Å². The van der Waals surface area contributed by atoms with E-state index in [2.05, 4.69) is 12.2 Å². The van der Waals surface area contributed by atoms with Crippen LogP contribution in [-0.2, 0) is 4.79 Å². The highest BCUT2D eigenvalue weighted by Gasteiger charge is 2.49. The molecule has 0 radical (unpaired) electrons. The molecule has 0 aromatic heterocycles. The average Bonchev–Trinajstić information content (AvgIpc) is 2.97. The number of carbonyl (C=O) groups excluding carboxylic acids is 1. The number of carbonyl (C=O) groups is 2. The summed E-state index contributed by atoms with van der Waals surface area (Å²) in [5.41, 5.74) is -0.983. The third-order valence-electron chi connectivity index (χ3n) is 4.82. The topological polar surface area (TPSA) is 69.6 Å². The number of nitrogens with one attached hydrogen (secondary N) is 1. The maximum absolute atomic E-state index is 12.5. The van der Waals surface area contributed by atoms with Gasteiger partial charge in [0, 0.05) is 12.6 Å². The highest BCUT2D eigenvalue weighted by molar-refractivity contribution is 5.87. The van der Waals surface area contributed by atoms with Crippen molar-refractivity contribution < 1.29 is 14.7 Å². The van der Waals surface area contributed by atoms with E-state index < -0.39 is 11.5 Å². The van der Waals surface area contributed by atoms with Crippen LogP contribution in [-0.4, -0.2) is 40.1 Å². The molecule has 1 saturated carbocycles. The van der Waals surface area contributed by atoms with Gasteiger partial charge in [-0.05, 0) is 44.4 Å². The Morgan fingerprint density at radius 1 is 1.40 bits per heavy atom.